The summed E-state index contributed by atoms with van der Waals surface area (Å²) < 4.78 is 14.6. The summed E-state index contributed by atoms with van der Waals surface area (Å²) in [6.07, 6.45) is -0.213. The first kappa shape index (κ1) is 18.7. The highest BCUT2D eigenvalue weighted by molar-refractivity contribution is 6.30. The Kier molecular flexibility index (Phi) is 5.30. The standard InChI is InChI=1S/C20H13ClFNO4/c21-12-6-4-11(5-7-12)18(24)16-13(20(26)27)8-9-14(22)17(16)19(25)15-3-1-2-10-23-15/h1-10,19,25H,(H,26,27). The zero-order valence-electron chi connectivity index (χ0n) is 13.8. The van der Waals surface area contributed by atoms with Crippen molar-refractivity contribution in [2.45, 2.75) is 6.10 Å². The van der Waals surface area contributed by atoms with Crippen LogP contribution in [0.1, 0.15) is 43.6 Å². The van der Waals surface area contributed by atoms with Crippen molar-refractivity contribution in [3.8, 4) is 0 Å². The van der Waals surface area contributed by atoms with E-state index in [1.807, 2.05) is 0 Å². The number of ketones is 1. The van der Waals surface area contributed by atoms with E-state index in [1.54, 1.807) is 12.1 Å². The zero-order chi connectivity index (χ0) is 19.6. The van der Waals surface area contributed by atoms with Crippen LogP contribution in [-0.2, 0) is 0 Å². The van der Waals surface area contributed by atoms with Crippen LogP contribution >= 0.6 is 11.6 Å². The Morgan fingerprint density at radius 2 is 1.74 bits per heavy atom. The summed E-state index contributed by atoms with van der Waals surface area (Å²) >= 11 is 5.82. The molecule has 0 bridgehead atoms. The number of aliphatic hydroxyl groups is 1. The minimum atomic E-state index is -1.61. The molecular weight excluding hydrogens is 373 g/mol. The van der Waals surface area contributed by atoms with Gasteiger partial charge in [-0.25, -0.2) is 9.18 Å². The topological polar surface area (TPSA) is 87.5 Å². The number of carboxylic acid groups (broad SMARTS) is 1. The number of carboxylic acids is 1. The number of halogens is 2. The highest BCUT2D eigenvalue weighted by Crippen LogP contribution is 2.31. The second-order valence-corrected chi connectivity index (χ2v) is 6.12. The van der Waals surface area contributed by atoms with Gasteiger partial charge in [-0.3, -0.25) is 9.78 Å². The maximum absolute atomic E-state index is 14.6. The van der Waals surface area contributed by atoms with Crippen LogP contribution in [0.25, 0.3) is 0 Å². The number of nitrogens with zero attached hydrogens (tertiary/aromatic N) is 1. The molecule has 3 aromatic rings. The summed E-state index contributed by atoms with van der Waals surface area (Å²) in [5.41, 5.74) is -1.08. The number of benzene rings is 2. The fraction of sp³-hybridized carbons (Fsp3) is 0.0500. The molecular formula is C20H13ClFNO4. The molecule has 0 saturated carbocycles. The number of pyridine rings is 1. The van der Waals surface area contributed by atoms with Crippen molar-refractivity contribution >= 4 is 23.4 Å². The summed E-state index contributed by atoms with van der Waals surface area (Å²) in [4.78, 5) is 28.6. The highest BCUT2D eigenvalue weighted by atomic mass is 35.5. The third-order valence-electron chi connectivity index (χ3n) is 4.00. The molecule has 1 aromatic heterocycles. The van der Waals surface area contributed by atoms with E-state index in [1.165, 1.54) is 36.5 Å². The first-order valence-electron chi connectivity index (χ1n) is 7.85. The predicted molar refractivity (Wildman–Crippen MR) is 96.5 cm³/mol. The predicted octanol–water partition coefficient (Wildman–Crippen LogP) is 3.89. The lowest BCUT2D eigenvalue weighted by molar-refractivity contribution is 0.0692. The van der Waals surface area contributed by atoms with Gasteiger partial charge < -0.3 is 10.2 Å². The largest absolute Gasteiger partial charge is 0.478 e. The monoisotopic (exact) mass is 385 g/mol. The Morgan fingerprint density at radius 1 is 1.04 bits per heavy atom. The summed E-state index contributed by atoms with van der Waals surface area (Å²) in [6.45, 7) is 0. The lowest BCUT2D eigenvalue weighted by Crippen LogP contribution is -2.18. The Labute approximate surface area is 158 Å². The Balaban J connectivity index is 2.24. The van der Waals surface area contributed by atoms with Crippen LogP contribution in [0.15, 0.2) is 60.8 Å². The van der Waals surface area contributed by atoms with Crippen LogP contribution < -0.4 is 0 Å². The number of hydrogen-bond donors (Lipinski definition) is 2. The maximum atomic E-state index is 14.6. The molecule has 1 heterocycles. The van der Waals surface area contributed by atoms with E-state index in [4.69, 9.17) is 11.6 Å². The molecule has 0 amide bonds. The molecule has 1 atom stereocenters. The van der Waals surface area contributed by atoms with Crippen molar-refractivity contribution in [3.63, 3.8) is 0 Å². The van der Waals surface area contributed by atoms with Crippen molar-refractivity contribution < 1.29 is 24.2 Å². The van der Waals surface area contributed by atoms with Crippen molar-refractivity contribution in [2.24, 2.45) is 0 Å². The van der Waals surface area contributed by atoms with Crippen LogP contribution in [0, 0.1) is 5.82 Å². The van der Waals surface area contributed by atoms with Gasteiger partial charge in [0.05, 0.1) is 11.3 Å². The normalized spacial score (nSPS) is 11.8. The molecule has 2 aromatic carbocycles. The van der Waals surface area contributed by atoms with Crippen LogP contribution in [0.3, 0.4) is 0 Å². The first-order chi connectivity index (χ1) is 12.9. The number of carbonyl (C=O) groups excluding carboxylic acids is 1. The van der Waals surface area contributed by atoms with Crippen LogP contribution in [0.2, 0.25) is 5.02 Å². The van der Waals surface area contributed by atoms with Gasteiger partial charge in [-0.05, 0) is 48.5 Å². The van der Waals surface area contributed by atoms with E-state index in [2.05, 4.69) is 4.98 Å². The van der Waals surface area contributed by atoms with E-state index in [0.717, 1.165) is 12.1 Å². The lowest BCUT2D eigenvalue weighted by atomic mass is 9.89. The first-order valence-corrected chi connectivity index (χ1v) is 8.23. The molecule has 0 spiro atoms. The quantitative estimate of drug-likeness (QED) is 0.651. The fourth-order valence-corrected chi connectivity index (χ4v) is 2.84. The van der Waals surface area contributed by atoms with Crippen LogP contribution in [0.5, 0.6) is 0 Å². The number of hydrogen-bond acceptors (Lipinski definition) is 4. The minimum absolute atomic E-state index is 0.0871. The molecule has 7 heteroatoms. The van der Waals surface area contributed by atoms with Gasteiger partial charge in [-0.2, -0.15) is 0 Å². The van der Waals surface area contributed by atoms with Crippen LogP contribution in [-0.4, -0.2) is 26.9 Å². The van der Waals surface area contributed by atoms with Gasteiger partial charge in [-0.1, -0.05) is 17.7 Å². The van der Waals surface area contributed by atoms with Gasteiger partial charge in [0.2, 0.25) is 0 Å². The minimum Gasteiger partial charge on any atom is -0.478 e. The highest BCUT2D eigenvalue weighted by Gasteiger charge is 2.29. The number of aromatic nitrogens is 1. The van der Waals surface area contributed by atoms with Gasteiger partial charge in [0, 0.05) is 27.9 Å². The second-order valence-electron chi connectivity index (χ2n) is 5.68. The summed E-state index contributed by atoms with van der Waals surface area (Å²) in [5.74, 6) is -3.06. The molecule has 0 aliphatic rings. The van der Waals surface area contributed by atoms with Gasteiger partial charge in [-0.15, -0.1) is 0 Å². The molecule has 2 N–H and O–H groups in total. The third kappa shape index (κ3) is 3.72. The van der Waals surface area contributed by atoms with Gasteiger partial charge >= 0.3 is 5.97 Å². The second kappa shape index (κ2) is 7.65. The Morgan fingerprint density at radius 3 is 2.33 bits per heavy atom. The third-order valence-corrected chi connectivity index (χ3v) is 4.25. The van der Waals surface area contributed by atoms with Crippen LogP contribution in [0.4, 0.5) is 4.39 Å². The van der Waals surface area contributed by atoms with E-state index >= 15 is 0 Å². The average Bonchev–Trinajstić information content (AvgIpc) is 2.67. The Hall–Kier alpha value is -3.09. The summed E-state index contributed by atoms with van der Waals surface area (Å²) in [5, 5.41) is 20.5. The number of rotatable bonds is 5. The molecule has 0 aliphatic heterocycles. The molecule has 0 saturated heterocycles. The van der Waals surface area contributed by atoms with E-state index in [-0.39, 0.29) is 11.3 Å². The molecule has 5 nitrogen and oxygen atoms in total. The Bertz CT molecular complexity index is 1010. The van der Waals surface area contributed by atoms with E-state index in [9.17, 15) is 24.2 Å². The smallest absolute Gasteiger partial charge is 0.336 e. The van der Waals surface area contributed by atoms with Crippen molar-refractivity contribution in [3.05, 3.63) is 99.6 Å². The number of aromatic carboxylic acids is 1. The summed E-state index contributed by atoms with van der Waals surface area (Å²) in [7, 11) is 0. The average molecular weight is 386 g/mol. The SMILES string of the molecule is O=C(O)c1ccc(F)c(C(O)c2ccccn2)c1C(=O)c1ccc(Cl)cc1. The van der Waals surface area contributed by atoms with E-state index < -0.39 is 40.4 Å². The van der Waals surface area contributed by atoms with Crippen molar-refractivity contribution in [1.82, 2.24) is 4.98 Å². The van der Waals surface area contributed by atoms with Crippen molar-refractivity contribution in [1.29, 1.82) is 0 Å². The van der Waals surface area contributed by atoms with Gasteiger partial charge in [0.15, 0.2) is 5.78 Å². The lowest BCUT2D eigenvalue weighted by Gasteiger charge is -2.17. The van der Waals surface area contributed by atoms with Crippen molar-refractivity contribution in [2.75, 3.05) is 0 Å². The number of carbonyl (C=O) groups is 2. The zero-order valence-corrected chi connectivity index (χ0v) is 14.5. The molecule has 0 aliphatic carbocycles. The van der Waals surface area contributed by atoms with E-state index in [0.29, 0.717) is 5.02 Å². The summed E-state index contributed by atoms with van der Waals surface area (Å²) in [6, 6.07) is 12.3. The molecule has 0 fully saturated rings. The molecule has 27 heavy (non-hydrogen) atoms. The molecule has 136 valence electrons. The molecule has 0 radical (unpaired) electrons. The fourth-order valence-electron chi connectivity index (χ4n) is 2.72. The molecule has 3 rings (SSSR count). The molecule has 1 unspecified atom stereocenters. The maximum Gasteiger partial charge on any atom is 0.336 e. The number of aliphatic hydroxyl groups excluding tert-OH is 1. The van der Waals surface area contributed by atoms with Gasteiger partial charge in [0.25, 0.3) is 0 Å². The van der Waals surface area contributed by atoms with Gasteiger partial charge in [0.1, 0.15) is 11.9 Å².